The van der Waals surface area contributed by atoms with Crippen molar-refractivity contribution in [2.75, 3.05) is 7.11 Å². The van der Waals surface area contributed by atoms with Gasteiger partial charge in [0.1, 0.15) is 5.75 Å². The molecule has 0 atom stereocenters. The summed E-state index contributed by atoms with van der Waals surface area (Å²) >= 11 is 0. The van der Waals surface area contributed by atoms with Gasteiger partial charge in [-0.3, -0.25) is 15.1 Å². The Morgan fingerprint density at radius 3 is 2.56 bits per heavy atom. The predicted octanol–water partition coefficient (Wildman–Crippen LogP) is 4.31. The minimum atomic E-state index is -1.22. The molecule has 0 radical (unpaired) electrons. The standard InChI is InChI=1S/C18H12F2N2O5/c1-9-5-11-14(6-10(9)18(23)26-2)21-4-3-16(11)27-17-8-12(19)15(22(24)25)7-13(17)20/h3-8H,1-2H3. The maximum Gasteiger partial charge on any atom is 0.338 e. The summed E-state index contributed by atoms with van der Waals surface area (Å²) in [7, 11) is 1.25. The van der Waals surface area contributed by atoms with Crippen molar-refractivity contribution in [3.8, 4) is 11.5 Å². The van der Waals surface area contributed by atoms with E-state index in [2.05, 4.69) is 4.98 Å². The largest absolute Gasteiger partial charge is 0.465 e. The van der Waals surface area contributed by atoms with Crippen LogP contribution < -0.4 is 4.74 Å². The van der Waals surface area contributed by atoms with Crippen LogP contribution in [0.3, 0.4) is 0 Å². The first-order chi connectivity index (χ1) is 12.8. The first-order valence-electron chi connectivity index (χ1n) is 7.60. The number of carbonyl (C=O) groups excluding carboxylic acids is 1. The zero-order chi connectivity index (χ0) is 19.7. The second kappa shape index (κ2) is 6.94. The average Bonchev–Trinajstić information content (AvgIpc) is 2.63. The third kappa shape index (κ3) is 3.39. The Balaban J connectivity index is 2.08. The summed E-state index contributed by atoms with van der Waals surface area (Å²) in [5.74, 6) is -3.21. The number of fused-ring (bicyclic) bond motifs is 1. The first kappa shape index (κ1) is 18.2. The van der Waals surface area contributed by atoms with Crippen LogP contribution in [0.4, 0.5) is 14.5 Å². The van der Waals surface area contributed by atoms with E-state index >= 15 is 0 Å². The fraction of sp³-hybridized carbons (Fsp3) is 0.111. The normalized spacial score (nSPS) is 10.7. The molecule has 0 bridgehead atoms. The molecule has 3 rings (SSSR count). The van der Waals surface area contributed by atoms with E-state index in [4.69, 9.17) is 9.47 Å². The molecule has 0 amide bonds. The number of ether oxygens (including phenoxy) is 2. The van der Waals surface area contributed by atoms with Gasteiger partial charge in [0.25, 0.3) is 0 Å². The zero-order valence-electron chi connectivity index (χ0n) is 14.2. The fourth-order valence-electron chi connectivity index (χ4n) is 2.55. The van der Waals surface area contributed by atoms with Gasteiger partial charge in [0.05, 0.1) is 29.2 Å². The molecular weight excluding hydrogens is 362 g/mol. The number of benzene rings is 2. The number of hydrogen-bond donors (Lipinski definition) is 0. The minimum Gasteiger partial charge on any atom is -0.465 e. The smallest absolute Gasteiger partial charge is 0.338 e. The summed E-state index contributed by atoms with van der Waals surface area (Å²) in [5, 5.41) is 11.1. The molecule has 0 spiro atoms. The molecule has 0 aliphatic carbocycles. The second-order valence-corrected chi connectivity index (χ2v) is 5.58. The maximum absolute atomic E-state index is 14.1. The van der Waals surface area contributed by atoms with Crippen LogP contribution >= 0.6 is 0 Å². The monoisotopic (exact) mass is 374 g/mol. The van der Waals surface area contributed by atoms with Gasteiger partial charge in [-0.15, -0.1) is 0 Å². The SMILES string of the molecule is COC(=O)c1cc2nccc(Oc3cc(F)c([N+](=O)[O-])cc3F)c2cc1C. The van der Waals surface area contributed by atoms with Crippen LogP contribution in [-0.4, -0.2) is 23.0 Å². The highest BCUT2D eigenvalue weighted by Crippen LogP contribution is 2.34. The van der Waals surface area contributed by atoms with Crippen molar-refractivity contribution < 1.29 is 28.0 Å². The van der Waals surface area contributed by atoms with E-state index in [0.29, 0.717) is 34.2 Å². The Morgan fingerprint density at radius 1 is 1.15 bits per heavy atom. The van der Waals surface area contributed by atoms with Gasteiger partial charge in [-0.2, -0.15) is 4.39 Å². The Hall–Kier alpha value is -3.62. The number of methoxy groups -OCH3 is 1. The summed E-state index contributed by atoms with van der Waals surface area (Å²) in [6, 6.07) is 5.59. The third-order valence-electron chi connectivity index (χ3n) is 3.87. The molecule has 0 aliphatic heterocycles. The molecule has 7 nitrogen and oxygen atoms in total. The van der Waals surface area contributed by atoms with Gasteiger partial charge in [0.2, 0.25) is 5.82 Å². The van der Waals surface area contributed by atoms with Crippen molar-refractivity contribution in [3.05, 3.63) is 69.4 Å². The molecule has 0 N–H and O–H groups in total. The van der Waals surface area contributed by atoms with Gasteiger partial charge in [-0.1, -0.05) is 0 Å². The lowest BCUT2D eigenvalue weighted by molar-refractivity contribution is -0.387. The van der Waals surface area contributed by atoms with Crippen LogP contribution in [0.5, 0.6) is 11.5 Å². The van der Waals surface area contributed by atoms with Crippen LogP contribution in [0.15, 0.2) is 36.5 Å². The molecule has 2 aromatic carbocycles. The molecule has 1 aromatic heterocycles. The number of rotatable bonds is 4. The molecule has 138 valence electrons. The van der Waals surface area contributed by atoms with Crippen molar-refractivity contribution in [2.45, 2.75) is 6.92 Å². The van der Waals surface area contributed by atoms with Gasteiger partial charge in [0.15, 0.2) is 11.6 Å². The van der Waals surface area contributed by atoms with Gasteiger partial charge in [-0.05, 0) is 30.7 Å². The number of esters is 1. The van der Waals surface area contributed by atoms with Gasteiger partial charge < -0.3 is 9.47 Å². The van der Waals surface area contributed by atoms with Crippen LogP contribution in [-0.2, 0) is 4.74 Å². The summed E-state index contributed by atoms with van der Waals surface area (Å²) in [6.45, 7) is 1.68. The summed E-state index contributed by atoms with van der Waals surface area (Å²) in [4.78, 5) is 25.6. The number of hydrogen-bond acceptors (Lipinski definition) is 6. The van der Waals surface area contributed by atoms with E-state index < -0.39 is 34.0 Å². The Morgan fingerprint density at radius 2 is 1.89 bits per heavy atom. The van der Waals surface area contributed by atoms with E-state index in [0.717, 1.165) is 0 Å². The van der Waals surface area contributed by atoms with Crippen molar-refractivity contribution >= 4 is 22.6 Å². The molecule has 3 aromatic rings. The number of halogens is 2. The van der Waals surface area contributed by atoms with E-state index in [9.17, 15) is 23.7 Å². The number of nitrogens with zero attached hydrogens (tertiary/aromatic N) is 2. The van der Waals surface area contributed by atoms with E-state index in [1.54, 1.807) is 13.0 Å². The second-order valence-electron chi connectivity index (χ2n) is 5.58. The van der Waals surface area contributed by atoms with Crippen LogP contribution in [0.25, 0.3) is 10.9 Å². The summed E-state index contributed by atoms with van der Waals surface area (Å²) < 4.78 is 38.0. The van der Waals surface area contributed by atoms with E-state index in [1.165, 1.54) is 25.4 Å². The Labute approximate surface area is 151 Å². The van der Waals surface area contributed by atoms with Crippen molar-refractivity contribution in [1.82, 2.24) is 4.98 Å². The highest BCUT2D eigenvalue weighted by atomic mass is 19.1. The Kier molecular flexibility index (Phi) is 4.68. The van der Waals surface area contributed by atoms with Gasteiger partial charge in [0, 0.05) is 17.6 Å². The van der Waals surface area contributed by atoms with Crippen molar-refractivity contribution in [2.24, 2.45) is 0 Å². The van der Waals surface area contributed by atoms with E-state index in [-0.39, 0.29) is 5.75 Å². The average molecular weight is 374 g/mol. The minimum absolute atomic E-state index is 0.145. The molecule has 27 heavy (non-hydrogen) atoms. The topological polar surface area (TPSA) is 91.6 Å². The number of aryl methyl sites for hydroxylation is 1. The molecule has 0 fully saturated rings. The molecule has 1 heterocycles. The number of nitro groups is 1. The lowest BCUT2D eigenvalue weighted by Crippen LogP contribution is -2.04. The third-order valence-corrected chi connectivity index (χ3v) is 3.87. The van der Waals surface area contributed by atoms with Gasteiger partial charge in [-0.25, -0.2) is 9.18 Å². The number of carbonyl (C=O) groups is 1. The molecule has 0 aliphatic rings. The first-order valence-corrected chi connectivity index (χ1v) is 7.60. The quantitative estimate of drug-likeness (QED) is 0.384. The molecule has 0 unspecified atom stereocenters. The lowest BCUT2D eigenvalue weighted by atomic mass is 10.0. The number of nitro benzene ring substituents is 1. The number of aromatic nitrogens is 1. The molecule has 9 heteroatoms. The fourth-order valence-corrected chi connectivity index (χ4v) is 2.55. The molecule has 0 saturated carbocycles. The van der Waals surface area contributed by atoms with Crippen LogP contribution in [0.1, 0.15) is 15.9 Å². The highest BCUT2D eigenvalue weighted by Gasteiger charge is 2.21. The van der Waals surface area contributed by atoms with Gasteiger partial charge >= 0.3 is 11.7 Å². The maximum atomic E-state index is 14.1. The van der Waals surface area contributed by atoms with E-state index in [1.807, 2.05) is 0 Å². The van der Waals surface area contributed by atoms with Crippen LogP contribution in [0, 0.1) is 28.7 Å². The van der Waals surface area contributed by atoms with Crippen molar-refractivity contribution in [3.63, 3.8) is 0 Å². The number of pyridine rings is 1. The summed E-state index contributed by atoms with van der Waals surface area (Å²) in [6.07, 6.45) is 1.37. The van der Waals surface area contributed by atoms with Crippen LogP contribution in [0.2, 0.25) is 0 Å². The zero-order valence-corrected chi connectivity index (χ0v) is 14.2. The lowest BCUT2D eigenvalue weighted by Gasteiger charge is -2.11. The highest BCUT2D eigenvalue weighted by molar-refractivity contribution is 5.97. The van der Waals surface area contributed by atoms with Crippen molar-refractivity contribution in [1.29, 1.82) is 0 Å². The summed E-state index contributed by atoms with van der Waals surface area (Å²) in [5.41, 5.74) is 0.268. The molecular formula is C18H12F2N2O5. The Bertz CT molecular complexity index is 1090. The molecule has 0 saturated heterocycles. The predicted molar refractivity (Wildman–Crippen MR) is 90.9 cm³/mol.